The number of nitrogens with one attached hydrogen (secondary N) is 1. The highest BCUT2D eigenvalue weighted by molar-refractivity contribution is 5.36. The summed E-state index contributed by atoms with van der Waals surface area (Å²) in [5.41, 5.74) is 3.49. The molecule has 1 unspecified atom stereocenters. The average molecular weight is 292 g/mol. The summed E-state index contributed by atoms with van der Waals surface area (Å²) in [5.74, 6) is 0.816. The largest absolute Gasteiger partial charge is 0.474 e. The molecule has 1 aromatic heterocycles. The van der Waals surface area contributed by atoms with Crippen molar-refractivity contribution in [3.8, 4) is 5.88 Å². The summed E-state index contributed by atoms with van der Waals surface area (Å²) in [4.78, 5) is 4.61. The summed E-state index contributed by atoms with van der Waals surface area (Å²) >= 11 is 0. The molecule has 0 bridgehead atoms. The van der Waals surface area contributed by atoms with E-state index in [1.54, 1.807) is 0 Å². The highest BCUT2D eigenvalue weighted by atomic mass is 16.5. The van der Waals surface area contributed by atoms with Crippen LogP contribution in [0.5, 0.6) is 5.88 Å². The van der Waals surface area contributed by atoms with Gasteiger partial charge in [-0.2, -0.15) is 0 Å². The van der Waals surface area contributed by atoms with Crippen LogP contribution in [0.1, 0.15) is 69.7 Å². The molecule has 1 atom stereocenters. The zero-order chi connectivity index (χ0) is 15.7. The first-order valence-electron chi connectivity index (χ1n) is 8.42. The van der Waals surface area contributed by atoms with E-state index in [1.165, 1.54) is 36.8 Å². The second-order valence-corrected chi connectivity index (χ2v) is 5.92. The van der Waals surface area contributed by atoms with Crippen LogP contribution in [0.3, 0.4) is 0 Å². The monoisotopic (exact) mass is 292 g/mol. The lowest BCUT2D eigenvalue weighted by molar-refractivity contribution is 0.195. The predicted octanol–water partition coefficient (Wildman–Crippen LogP) is 4.55. The molecule has 0 aromatic carbocycles. The Labute approximate surface area is 130 Å². The van der Waals surface area contributed by atoms with Crippen LogP contribution in [0, 0.1) is 13.8 Å². The van der Waals surface area contributed by atoms with E-state index in [0.29, 0.717) is 0 Å². The summed E-state index contributed by atoms with van der Waals surface area (Å²) in [7, 11) is 0. The van der Waals surface area contributed by atoms with Crippen LogP contribution >= 0.6 is 0 Å². The number of hydrogen-bond acceptors (Lipinski definition) is 3. The van der Waals surface area contributed by atoms with Gasteiger partial charge in [0.05, 0.1) is 6.10 Å². The molecule has 1 aromatic rings. The minimum Gasteiger partial charge on any atom is -0.474 e. The van der Waals surface area contributed by atoms with E-state index >= 15 is 0 Å². The fraction of sp³-hybridized carbons (Fsp3) is 0.722. The van der Waals surface area contributed by atoms with Crippen molar-refractivity contribution in [2.45, 2.75) is 79.4 Å². The lowest BCUT2D eigenvalue weighted by atomic mass is 10.1. The van der Waals surface area contributed by atoms with Crippen LogP contribution in [0.15, 0.2) is 6.07 Å². The van der Waals surface area contributed by atoms with Gasteiger partial charge < -0.3 is 10.1 Å². The normalized spacial score (nSPS) is 12.4. The Morgan fingerprint density at radius 3 is 2.62 bits per heavy atom. The number of rotatable bonds is 10. The van der Waals surface area contributed by atoms with E-state index in [4.69, 9.17) is 4.74 Å². The standard InChI is InChI=1S/C18H32N2O/c1-6-8-9-10-11-16(5)21-18-17(13-19-7-2)14(3)12-15(4)20-18/h12,16,19H,6-11,13H2,1-5H3. The zero-order valence-corrected chi connectivity index (χ0v) is 14.5. The number of ether oxygens (including phenoxy) is 1. The molecule has 1 rings (SSSR count). The second-order valence-electron chi connectivity index (χ2n) is 5.92. The topological polar surface area (TPSA) is 34.1 Å². The number of aryl methyl sites for hydroxylation is 2. The molecule has 3 nitrogen and oxygen atoms in total. The maximum absolute atomic E-state index is 6.13. The van der Waals surface area contributed by atoms with Gasteiger partial charge in [0, 0.05) is 17.8 Å². The minimum atomic E-state index is 0.232. The zero-order valence-electron chi connectivity index (χ0n) is 14.5. The van der Waals surface area contributed by atoms with Gasteiger partial charge >= 0.3 is 0 Å². The molecule has 0 fully saturated rings. The minimum absolute atomic E-state index is 0.232. The van der Waals surface area contributed by atoms with Gasteiger partial charge in [0.15, 0.2) is 0 Å². The van der Waals surface area contributed by atoms with Crippen LogP contribution in [0.2, 0.25) is 0 Å². The summed E-state index contributed by atoms with van der Waals surface area (Å²) in [6.45, 7) is 12.5. The van der Waals surface area contributed by atoms with Gasteiger partial charge in [-0.15, -0.1) is 0 Å². The third-order valence-electron chi connectivity index (χ3n) is 3.77. The molecule has 0 aliphatic carbocycles. The van der Waals surface area contributed by atoms with Gasteiger partial charge in [0.25, 0.3) is 0 Å². The molecule has 0 radical (unpaired) electrons. The van der Waals surface area contributed by atoms with Crippen molar-refractivity contribution in [1.29, 1.82) is 0 Å². The first-order valence-corrected chi connectivity index (χ1v) is 8.42. The van der Waals surface area contributed by atoms with Crippen molar-refractivity contribution >= 4 is 0 Å². The quantitative estimate of drug-likeness (QED) is 0.643. The molecule has 0 aliphatic heterocycles. The second kappa shape index (κ2) is 9.78. The van der Waals surface area contributed by atoms with Crippen molar-refractivity contribution in [3.05, 3.63) is 22.9 Å². The van der Waals surface area contributed by atoms with E-state index in [-0.39, 0.29) is 6.10 Å². The Morgan fingerprint density at radius 2 is 1.95 bits per heavy atom. The first kappa shape index (κ1) is 18.0. The van der Waals surface area contributed by atoms with Crippen molar-refractivity contribution in [2.24, 2.45) is 0 Å². The maximum atomic E-state index is 6.13. The van der Waals surface area contributed by atoms with Crippen LogP contribution in [-0.4, -0.2) is 17.6 Å². The van der Waals surface area contributed by atoms with Crippen LogP contribution in [-0.2, 0) is 6.54 Å². The lowest BCUT2D eigenvalue weighted by Gasteiger charge is -2.18. The van der Waals surface area contributed by atoms with Gasteiger partial charge in [-0.25, -0.2) is 4.98 Å². The van der Waals surface area contributed by atoms with Gasteiger partial charge in [-0.05, 0) is 51.8 Å². The number of pyridine rings is 1. The SMILES string of the molecule is CCCCCCC(C)Oc1nc(C)cc(C)c1CNCC. The fourth-order valence-corrected chi connectivity index (χ4v) is 2.50. The third-order valence-corrected chi connectivity index (χ3v) is 3.77. The molecule has 0 aliphatic rings. The van der Waals surface area contributed by atoms with Crippen molar-refractivity contribution in [1.82, 2.24) is 10.3 Å². The van der Waals surface area contributed by atoms with Gasteiger partial charge in [0.1, 0.15) is 0 Å². The highest BCUT2D eigenvalue weighted by Crippen LogP contribution is 2.23. The van der Waals surface area contributed by atoms with E-state index in [2.05, 4.69) is 44.1 Å². The number of hydrogen-bond donors (Lipinski definition) is 1. The molecular weight excluding hydrogens is 260 g/mol. The summed E-state index contributed by atoms with van der Waals surface area (Å²) in [5, 5.41) is 3.38. The molecule has 3 heteroatoms. The van der Waals surface area contributed by atoms with Crippen LogP contribution in [0.4, 0.5) is 0 Å². The Hall–Kier alpha value is -1.09. The molecular formula is C18H32N2O. The first-order chi connectivity index (χ1) is 10.1. The van der Waals surface area contributed by atoms with Crippen LogP contribution < -0.4 is 10.1 Å². The fourth-order valence-electron chi connectivity index (χ4n) is 2.50. The molecule has 1 N–H and O–H groups in total. The number of unbranched alkanes of at least 4 members (excludes halogenated alkanes) is 3. The lowest BCUT2D eigenvalue weighted by Crippen LogP contribution is -2.18. The molecule has 0 saturated carbocycles. The molecule has 0 saturated heterocycles. The smallest absolute Gasteiger partial charge is 0.218 e. The summed E-state index contributed by atoms with van der Waals surface area (Å²) in [6, 6.07) is 2.13. The molecule has 1 heterocycles. The van der Waals surface area contributed by atoms with E-state index in [9.17, 15) is 0 Å². The Morgan fingerprint density at radius 1 is 1.19 bits per heavy atom. The Balaban J connectivity index is 2.66. The predicted molar refractivity (Wildman–Crippen MR) is 89.9 cm³/mol. The van der Waals surface area contributed by atoms with Crippen molar-refractivity contribution < 1.29 is 4.74 Å². The van der Waals surface area contributed by atoms with Gasteiger partial charge in [0.2, 0.25) is 5.88 Å². The molecule has 0 amide bonds. The Kier molecular flexibility index (Phi) is 8.36. The number of nitrogens with zero attached hydrogens (tertiary/aromatic N) is 1. The Bertz CT molecular complexity index is 418. The van der Waals surface area contributed by atoms with E-state index in [0.717, 1.165) is 31.1 Å². The van der Waals surface area contributed by atoms with Gasteiger partial charge in [-0.1, -0.05) is 33.1 Å². The maximum Gasteiger partial charge on any atom is 0.218 e. The van der Waals surface area contributed by atoms with Crippen molar-refractivity contribution in [2.75, 3.05) is 6.54 Å². The number of aromatic nitrogens is 1. The average Bonchev–Trinajstić information content (AvgIpc) is 2.42. The summed E-state index contributed by atoms with van der Waals surface area (Å²) < 4.78 is 6.13. The van der Waals surface area contributed by atoms with Crippen molar-refractivity contribution in [3.63, 3.8) is 0 Å². The van der Waals surface area contributed by atoms with E-state index in [1.807, 2.05) is 6.92 Å². The molecule has 0 spiro atoms. The third kappa shape index (κ3) is 6.47. The van der Waals surface area contributed by atoms with E-state index < -0.39 is 0 Å². The summed E-state index contributed by atoms with van der Waals surface area (Å²) in [6.07, 6.45) is 6.48. The van der Waals surface area contributed by atoms with Gasteiger partial charge in [-0.3, -0.25) is 0 Å². The molecule has 21 heavy (non-hydrogen) atoms. The van der Waals surface area contributed by atoms with Crippen LogP contribution in [0.25, 0.3) is 0 Å². The molecule has 120 valence electrons. The highest BCUT2D eigenvalue weighted by Gasteiger charge is 2.13.